The highest BCUT2D eigenvalue weighted by molar-refractivity contribution is 5.41. The number of rotatable bonds is 5. The van der Waals surface area contributed by atoms with Crippen molar-refractivity contribution in [1.82, 2.24) is 14.5 Å². The lowest BCUT2D eigenvalue weighted by molar-refractivity contribution is -0.141. The second-order valence-electron chi connectivity index (χ2n) is 4.52. The van der Waals surface area contributed by atoms with E-state index in [0.29, 0.717) is 18.2 Å². The van der Waals surface area contributed by atoms with Crippen molar-refractivity contribution < 1.29 is 17.9 Å². The van der Waals surface area contributed by atoms with Crippen molar-refractivity contribution in [2.45, 2.75) is 19.1 Å². The van der Waals surface area contributed by atoms with Crippen LogP contribution in [-0.4, -0.2) is 34.3 Å². The molecule has 0 aliphatic carbocycles. The Morgan fingerprint density at radius 3 is 2.67 bits per heavy atom. The summed E-state index contributed by atoms with van der Waals surface area (Å²) in [4.78, 5) is 7.57. The number of ether oxygens (including phenoxy) is 1. The molecule has 2 aromatic rings. The maximum atomic E-state index is 12.5. The number of nitrogens with one attached hydrogen (secondary N) is 1. The molecule has 2 heterocycles. The van der Waals surface area contributed by atoms with Crippen LogP contribution < -0.4 is 5.32 Å². The van der Waals surface area contributed by atoms with Crippen molar-refractivity contribution in [2.75, 3.05) is 19.0 Å². The third kappa shape index (κ3) is 3.72. The first kappa shape index (κ1) is 15.3. The Hall–Kier alpha value is -2.09. The monoisotopic (exact) mass is 300 g/mol. The minimum atomic E-state index is -4.44. The van der Waals surface area contributed by atoms with Crippen LogP contribution in [0.25, 0.3) is 5.69 Å². The number of nitrogens with zero attached hydrogens (tertiary/aromatic N) is 3. The predicted octanol–water partition coefficient (Wildman–Crippen LogP) is 2.73. The average molecular weight is 300 g/mol. The van der Waals surface area contributed by atoms with Crippen LogP contribution in [0.1, 0.15) is 12.6 Å². The maximum Gasteiger partial charge on any atom is 0.433 e. The maximum absolute atomic E-state index is 12.5. The van der Waals surface area contributed by atoms with Crippen LogP contribution in [0, 0.1) is 0 Å². The zero-order chi connectivity index (χ0) is 15.5. The molecular weight excluding hydrogens is 285 g/mol. The third-order valence-corrected chi connectivity index (χ3v) is 2.75. The minimum Gasteiger partial charge on any atom is -0.383 e. The fraction of sp³-hybridized carbons (Fsp3) is 0.385. The van der Waals surface area contributed by atoms with Gasteiger partial charge >= 0.3 is 6.18 Å². The normalized spacial score (nSPS) is 13.2. The van der Waals surface area contributed by atoms with E-state index in [1.807, 2.05) is 6.92 Å². The SMILES string of the molecule is COCC(C)Nc1nccn1-c1ccc(C(F)(F)F)nc1. The van der Waals surface area contributed by atoms with E-state index in [9.17, 15) is 13.2 Å². The Morgan fingerprint density at radius 2 is 2.10 bits per heavy atom. The number of methoxy groups -OCH3 is 1. The Kier molecular flexibility index (Phi) is 4.46. The largest absolute Gasteiger partial charge is 0.433 e. The summed E-state index contributed by atoms with van der Waals surface area (Å²) in [5.74, 6) is 0.515. The molecule has 0 fully saturated rings. The number of pyridine rings is 1. The molecule has 0 aliphatic heterocycles. The molecule has 0 bridgehead atoms. The van der Waals surface area contributed by atoms with Gasteiger partial charge in [0.2, 0.25) is 5.95 Å². The third-order valence-electron chi connectivity index (χ3n) is 2.75. The van der Waals surface area contributed by atoms with Crippen molar-refractivity contribution >= 4 is 5.95 Å². The Morgan fingerprint density at radius 1 is 1.33 bits per heavy atom. The van der Waals surface area contributed by atoms with Gasteiger partial charge in [-0.2, -0.15) is 13.2 Å². The molecular formula is C13H15F3N4O. The minimum absolute atomic E-state index is 0.0126. The van der Waals surface area contributed by atoms with E-state index in [1.165, 1.54) is 6.07 Å². The highest BCUT2D eigenvalue weighted by atomic mass is 19.4. The van der Waals surface area contributed by atoms with Crippen molar-refractivity contribution in [1.29, 1.82) is 0 Å². The molecule has 1 atom stereocenters. The van der Waals surface area contributed by atoms with Crippen LogP contribution in [0.15, 0.2) is 30.7 Å². The highest BCUT2D eigenvalue weighted by Gasteiger charge is 2.32. The van der Waals surface area contributed by atoms with E-state index in [2.05, 4.69) is 15.3 Å². The molecule has 1 N–H and O–H groups in total. The summed E-state index contributed by atoms with van der Waals surface area (Å²) in [6, 6.07) is 2.31. The van der Waals surface area contributed by atoms with Crippen molar-refractivity contribution in [3.05, 3.63) is 36.4 Å². The molecule has 0 amide bonds. The van der Waals surface area contributed by atoms with Gasteiger partial charge in [-0.3, -0.25) is 4.57 Å². The Balaban J connectivity index is 2.21. The van der Waals surface area contributed by atoms with Gasteiger partial charge in [0.1, 0.15) is 5.69 Å². The molecule has 0 saturated carbocycles. The fourth-order valence-corrected chi connectivity index (χ4v) is 1.83. The van der Waals surface area contributed by atoms with E-state index >= 15 is 0 Å². The lowest BCUT2D eigenvalue weighted by Crippen LogP contribution is -2.22. The molecule has 114 valence electrons. The predicted molar refractivity (Wildman–Crippen MR) is 71.3 cm³/mol. The number of alkyl halides is 3. The van der Waals surface area contributed by atoms with Gasteiger partial charge in [-0.1, -0.05) is 0 Å². The van der Waals surface area contributed by atoms with Gasteiger partial charge in [0.25, 0.3) is 0 Å². The fourth-order valence-electron chi connectivity index (χ4n) is 1.83. The van der Waals surface area contributed by atoms with Gasteiger partial charge in [0.05, 0.1) is 18.5 Å². The van der Waals surface area contributed by atoms with Crippen LogP contribution in [-0.2, 0) is 10.9 Å². The summed E-state index contributed by atoms with van der Waals surface area (Å²) in [6.45, 7) is 2.39. The molecule has 21 heavy (non-hydrogen) atoms. The zero-order valence-corrected chi connectivity index (χ0v) is 11.6. The van der Waals surface area contributed by atoms with Crippen LogP contribution in [0.3, 0.4) is 0 Å². The van der Waals surface area contributed by atoms with Crippen molar-refractivity contribution in [3.8, 4) is 5.69 Å². The summed E-state index contributed by atoms with van der Waals surface area (Å²) in [5, 5.41) is 3.11. The van der Waals surface area contributed by atoms with Gasteiger partial charge in [-0.15, -0.1) is 0 Å². The first-order valence-corrected chi connectivity index (χ1v) is 6.24. The van der Waals surface area contributed by atoms with Crippen molar-refractivity contribution in [2.24, 2.45) is 0 Å². The van der Waals surface area contributed by atoms with Crippen LogP contribution in [0.5, 0.6) is 0 Å². The van der Waals surface area contributed by atoms with Crippen LogP contribution >= 0.6 is 0 Å². The van der Waals surface area contributed by atoms with Crippen LogP contribution in [0.2, 0.25) is 0 Å². The molecule has 0 spiro atoms. The smallest absolute Gasteiger partial charge is 0.383 e. The second-order valence-corrected chi connectivity index (χ2v) is 4.52. The molecule has 8 heteroatoms. The lowest BCUT2D eigenvalue weighted by Gasteiger charge is -2.15. The van der Waals surface area contributed by atoms with E-state index in [-0.39, 0.29) is 6.04 Å². The van der Waals surface area contributed by atoms with Gasteiger partial charge in [0, 0.05) is 25.5 Å². The number of anilines is 1. The number of imidazole rings is 1. The van der Waals surface area contributed by atoms with E-state index in [4.69, 9.17) is 4.74 Å². The Bertz CT molecular complexity index is 580. The molecule has 1 unspecified atom stereocenters. The average Bonchev–Trinajstić information content (AvgIpc) is 2.86. The molecule has 0 aliphatic rings. The second kappa shape index (κ2) is 6.13. The van der Waals surface area contributed by atoms with E-state index in [1.54, 1.807) is 24.1 Å². The molecule has 0 radical (unpaired) electrons. The standard InChI is InChI=1S/C13H15F3N4O/c1-9(8-21-2)19-12-17-5-6-20(12)10-3-4-11(18-7-10)13(14,15)16/h3-7,9H,8H2,1-2H3,(H,17,19). The van der Waals surface area contributed by atoms with Crippen LogP contribution in [0.4, 0.5) is 19.1 Å². The number of aromatic nitrogens is 3. The molecule has 2 aromatic heterocycles. The zero-order valence-electron chi connectivity index (χ0n) is 11.6. The van der Waals surface area contributed by atoms with Gasteiger partial charge < -0.3 is 10.1 Å². The van der Waals surface area contributed by atoms with Gasteiger partial charge in [0.15, 0.2) is 0 Å². The topological polar surface area (TPSA) is 52.0 Å². The van der Waals surface area contributed by atoms with Crippen molar-refractivity contribution in [3.63, 3.8) is 0 Å². The lowest BCUT2D eigenvalue weighted by atomic mass is 10.3. The highest BCUT2D eigenvalue weighted by Crippen LogP contribution is 2.28. The summed E-state index contributed by atoms with van der Waals surface area (Å²) >= 11 is 0. The summed E-state index contributed by atoms with van der Waals surface area (Å²) < 4.78 is 44.1. The number of hydrogen-bond acceptors (Lipinski definition) is 4. The van der Waals surface area contributed by atoms with Gasteiger partial charge in [-0.05, 0) is 19.1 Å². The Labute approximate surface area is 119 Å². The summed E-state index contributed by atoms with van der Waals surface area (Å²) in [6.07, 6.45) is -0.0795. The molecule has 0 aromatic carbocycles. The van der Waals surface area contributed by atoms with E-state index in [0.717, 1.165) is 12.3 Å². The first-order chi connectivity index (χ1) is 9.91. The molecule has 2 rings (SSSR count). The quantitative estimate of drug-likeness (QED) is 0.922. The van der Waals surface area contributed by atoms with Gasteiger partial charge in [-0.25, -0.2) is 9.97 Å². The number of halogens is 3. The first-order valence-electron chi connectivity index (χ1n) is 6.24. The summed E-state index contributed by atoms with van der Waals surface area (Å²) in [5.41, 5.74) is -0.429. The molecule has 5 nitrogen and oxygen atoms in total. The van der Waals surface area contributed by atoms with E-state index < -0.39 is 11.9 Å². The number of hydrogen-bond donors (Lipinski definition) is 1. The molecule has 0 saturated heterocycles. The summed E-state index contributed by atoms with van der Waals surface area (Å²) in [7, 11) is 1.59.